The number of hydrogen-bond acceptors (Lipinski definition) is 6. The van der Waals surface area contributed by atoms with Crippen molar-refractivity contribution in [1.82, 2.24) is 10.2 Å². The van der Waals surface area contributed by atoms with Gasteiger partial charge in [-0.1, -0.05) is 11.6 Å². The number of sulfone groups is 1. The summed E-state index contributed by atoms with van der Waals surface area (Å²) in [6.45, 7) is 2.34. The SMILES string of the molecule is COc1ccc(S(=O)(=O)C2CCNCC2)cc1N1C2CCC1CN(C(=O)c1ccc(F)cc1Cl)C2. The molecule has 0 spiro atoms. The lowest BCUT2D eigenvalue weighted by Crippen LogP contribution is -2.55. The van der Waals surface area contributed by atoms with Crippen LogP contribution in [0.15, 0.2) is 41.3 Å². The monoisotopic (exact) mass is 521 g/mol. The Kier molecular flexibility index (Phi) is 6.67. The fraction of sp³-hybridized carbons (Fsp3) is 0.480. The number of rotatable bonds is 5. The molecule has 2 atom stereocenters. The minimum atomic E-state index is -3.46. The van der Waals surface area contributed by atoms with Crippen molar-refractivity contribution in [2.75, 3.05) is 38.2 Å². The first-order chi connectivity index (χ1) is 16.8. The van der Waals surface area contributed by atoms with Crippen molar-refractivity contribution >= 4 is 33.0 Å². The Morgan fingerprint density at radius 1 is 1.06 bits per heavy atom. The van der Waals surface area contributed by atoms with E-state index in [1.165, 1.54) is 12.1 Å². The highest BCUT2D eigenvalue weighted by Gasteiger charge is 2.43. The lowest BCUT2D eigenvalue weighted by Gasteiger charge is -2.43. The van der Waals surface area contributed by atoms with Gasteiger partial charge in [-0.2, -0.15) is 0 Å². The molecule has 0 aliphatic carbocycles. The highest BCUT2D eigenvalue weighted by molar-refractivity contribution is 7.92. The number of nitrogens with zero attached hydrogens (tertiary/aromatic N) is 2. The number of likely N-dealkylation sites (tertiary alicyclic amines) is 1. The van der Waals surface area contributed by atoms with Crippen molar-refractivity contribution < 1.29 is 22.3 Å². The van der Waals surface area contributed by atoms with Crippen LogP contribution in [0.4, 0.5) is 10.1 Å². The second-order valence-electron chi connectivity index (χ2n) is 9.45. The molecule has 3 heterocycles. The summed E-state index contributed by atoms with van der Waals surface area (Å²) in [5.74, 6) is -0.0869. The number of carbonyl (C=O) groups excluding carboxylic acids is 1. The van der Waals surface area contributed by atoms with E-state index in [0.29, 0.717) is 49.7 Å². The van der Waals surface area contributed by atoms with E-state index in [-0.39, 0.29) is 28.6 Å². The Balaban J connectivity index is 1.42. The fourth-order valence-corrected chi connectivity index (χ4v) is 7.67. The van der Waals surface area contributed by atoms with Gasteiger partial charge in [-0.05, 0) is 75.2 Å². The van der Waals surface area contributed by atoms with Gasteiger partial charge in [0.05, 0.1) is 33.5 Å². The number of piperidine rings is 1. The maximum atomic E-state index is 13.5. The number of anilines is 1. The zero-order chi connectivity index (χ0) is 24.7. The smallest absolute Gasteiger partial charge is 0.255 e. The molecule has 10 heteroatoms. The van der Waals surface area contributed by atoms with Crippen molar-refractivity contribution in [3.63, 3.8) is 0 Å². The molecule has 2 aromatic rings. The van der Waals surface area contributed by atoms with Crippen LogP contribution in [0.1, 0.15) is 36.0 Å². The van der Waals surface area contributed by atoms with E-state index in [1.807, 2.05) is 0 Å². The minimum absolute atomic E-state index is 0.0164. The standard InChI is InChI=1S/C25H29ClFN3O4S/c1-34-24-7-5-20(35(32,33)19-8-10-28-11-9-19)13-23(24)30-17-3-4-18(30)15-29(14-17)25(31)21-6-2-16(27)12-22(21)26/h2,5-7,12-13,17-19,28H,3-4,8-11,14-15H2,1H3. The number of carbonyl (C=O) groups is 1. The van der Waals surface area contributed by atoms with Crippen LogP contribution in [0.5, 0.6) is 5.75 Å². The number of ether oxygens (including phenoxy) is 1. The zero-order valence-electron chi connectivity index (χ0n) is 19.5. The van der Waals surface area contributed by atoms with E-state index in [0.717, 1.165) is 24.6 Å². The molecule has 5 rings (SSSR count). The number of fused-ring (bicyclic) bond motifs is 2. The minimum Gasteiger partial charge on any atom is -0.495 e. The quantitative estimate of drug-likeness (QED) is 0.649. The highest BCUT2D eigenvalue weighted by Crippen LogP contribution is 2.42. The van der Waals surface area contributed by atoms with E-state index >= 15 is 0 Å². The van der Waals surface area contributed by atoms with Crippen molar-refractivity contribution in [2.24, 2.45) is 0 Å². The van der Waals surface area contributed by atoms with Crippen molar-refractivity contribution in [3.8, 4) is 5.75 Å². The van der Waals surface area contributed by atoms with Crippen LogP contribution in [0.3, 0.4) is 0 Å². The Morgan fingerprint density at radius 2 is 1.74 bits per heavy atom. The number of halogens is 2. The summed E-state index contributed by atoms with van der Waals surface area (Å²) < 4.78 is 45.8. The number of piperazine rings is 1. The lowest BCUT2D eigenvalue weighted by molar-refractivity contribution is 0.0718. The summed E-state index contributed by atoms with van der Waals surface area (Å²) in [5.41, 5.74) is 1.04. The third-order valence-corrected chi connectivity index (χ3v) is 9.99. The number of benzene rings is 2. The van der Waals surface area contributed by atoms with Gasteiger partial charge >= 0.3 is 0 Å². The molecule has 2 unspecified atom stereocenters. The Hall–Kier alpha value is -2.36. The van der Waals surface area contributed by atoms with Crippen LogP contribution in [0, 0.1) is 5.82 Å². The first kappa shape index (κ1) is 24.3. The van der Waals surface area contributed by atoms with Crippen LogP contribution >= 0.6 is 11.6 Å². The third-order valence-electron chi connectivity index (χ3n) is 7.41. The van der Waals surface area contributed by atoms with E-state index in [1.54, 1.807) is 30.2 Å². The van der Waals surface area contributed by atoms with Crippen LogP contribution in [0.25, 0.3) is 0 Å². The molecular formula is C25H29ClFN3O4S. The number of amides is 1. The first-order valence-electron chi connectivity index (χ1n) is 11.9. The zero-order valence-corrected chi connectivity index (χ0v) is 21.1. The molecule has 7 nitrogen and oxygen atoms in total. The fourth-order valence-electron chi connectivity index (χ4n) is 5.64. The Bertz CT molecular complexity index is 1220. The lowest BCUT2D eigenvalue weighted by atomic mass is 10.1. The van der Waals surface area contributed by atoms with Gasteiger partial charge in [0.2, 0.25) is 0 Å². The third kappa shape index (κ3) is 4.49. The van der Waals surface area contributed by atoms with Gasteiger partial charge in [-0.25, -0.2) is 12.8 Å². The second-order valence-corrected chi connectivity index (χ2v) is 12.1. The summed E-state index contributed by atoms with van der Waals surface area (Å²) in [6.07, 6.45) is 2.95. The van der Waals surface area contributed by atoms with Gasteiger partial charge in [-0.3, -0.25) is 4.79 Å². The van der Waals surface area contributed by atoms with E-state index in [9.17, 15) is 17.6 Å². The maximum absolute atomic E-state index is 13.5. The summed E-state index contributed by atoms with van der Waals surface area (Å²) >= 11 is 6.15. The molecule has 1 amide bonds. The second kappa shape index (κ2) is 9.59. The van der Waals surface area contributed by atoms with Crippen LogP contribution in [0.2, 0.25) is 5.02 Å². The van der Waals surface area contributed by atoms with Gasteiger partial charge in [0.15, 0.2) is 9.84 Å². The van der Waals surface area contributed by atoms with Crippen molar-refractivity contribution in [2.45, 2.75) is 47.9 Å². The van der Waals surface area contributed by atoms with E-state index in [2.05, 4.69) is 10.2 Å². The molecule has 0 saturated carbocycles. The molecular weight excluding hydrogens is 493 g/mol. The summed E-state index contributed by atoms with van der Waals surface area (Å²) in [7, 11) is -1.88. The predicted octanol–water partition coefficient (Wildman–Crippen LogP) is 3.51. The van der Waals surface area contributed by atoms with E-state index in [4.69, 9.17) is 16.3 Å². The maximum Gasteiger partial charge on any atom is 0.255 e. The summed E-state index contributed by atoms with van der Waals surface area (Å²) in [6, 6.07) is 8.96. The topological polar surface area (TPSA) is 79.0 Å². The highest BCUT2D eigenvalue weighted by atomic mass is 35.5. The van der Waals surface area contributed by atoms with Crippen molar-refractivity contribution in [3.05, 3.63) is 52.8 Å². The molecule has 3 fully saturated rings. The molecule has 1 N–H and O–H groups in total. The molecule has 2 bridgehead atoms. The van der Waals surface area contributed by atoms with Crippen LogP contribution in [-0.4, -0.2) is 69.8 Å². The molecule has 2 aromatic carbocycles. The molecule has 3 saturated heterocycles. The van der Waals surface area contributed by atoms with Gasteiger partial charge in [0.1, 0.15) is 11.6 Å². The largest absolute Gasteiger partial charge is 0.495 e. The number of nitrogens with one attached hydrogen (secondary N) is 1. The Labute approximate surface area is 210 Å². The van der Waals surface area contributed by atoms with Gasteiger partial charge < -0.3 is 19.9 Å². The van der Waals surface area contributed by atoms with Crippen LogP contribution < -0.4 is 15.0 Å². The van der Waals surface area contributed by atoms with Gasteiger partial charge in [0, 0.05) is 25.2 Å². The summed E-state index contributed by atoms with van der Waals surface area (Å²) in [5, 5.41) is 2.93. The number of methoxy groups -OCH3 is 1. The molecule has 35 heavy (non-hydrogen) atoms. The predicted molar refractivity (Wildman–Crippen MR) is 133 cm³/mol. The first-order valence-corrected chi connectivity index (χ1v) is 13.9. The number of hydrogen-bond donors (Lipinski definition) is 1. The van der Waals surface area contributed by atoms with Gasteiger partial charge in [0.25, 0.3) is 5.91 Å². The van der Waals surface area contributed by atoms with Crippen molar-refractivity contribution in [1.29, 1.82) is 0 Å². The average Bonchev–Trinajstić information content (AvgIpc) is 3.12. The van der Waals surface area contributed by atoms with E-state index < -0.39 is 20.9 Å². The molecule has 0 radical (unpaired) electrons. The van der Waals surface area contributed by atoms with Crippen LogP contribution in [-0.2, 0) is 9.84 Å². The molecule has 0 aromatic heterocycles. The molecule has 3 aliphatic heterocycles. The molecule has 3 aliphatic rings. The Morgan fingerprint density at radius 3 is 2.37 bits per heavy atom. The molecule has 188 valence electrons. The average molecular weight is 522 g/mol. The summed E-state index contributed by atoms with van der Waals surface area (Å²) in [4.78, 5) is 17.5. The normalized spacial score (nSPS) is 22.9. The van der Waals surface area contributed by atoms with Gasteiger partial charge in [-0.15, -0.1) is 0 Å².